The van der Waals surface area contributed by atoms with E-state index in [0.29, 0.717) is 11.7 Å². The highest BCUT2D eigenvalue weighted by molar-refractivity contribution is 5.87. The molecular formula is C21H28O4. The van der Waals surface area contributed by atoms with Gasteiger partial charge in [0.25, 0.3) is 0 Å². The van der Waals surface area contributed by atoms with Gasteiger partial charge in [-0.3, -0.25) is 0 Å². The average molecular weight is 344 g/mol. The molecule has 0 bridgehead atoms. The Morgan fingerprint density at radius 3 is 2.60 bits per heavy atom. The van der Waals surface area contributed by atoms with Crippen molar-refractivity contribution in [2.75, 3.05) is 6.79 Å². The Kier molecular flexibility index (Phi) is 4.56. The molecule has 1 heterocycles. The second-order valence-electron chi connectivity index (χ2n) is 8.16. The number of rotatable bonds is 4. The minimum Gasteiger partial charge on any atom is -0.459 e. The van der Waals surface area contributed by atoms with E-state index in [1.807, 2.05) is 18.2 Å². The third-order valence-corrected chi connectivity index (χ3v) is 6.54. The van der Waals surface area contributed by atoms with Gasteiger partial charge in [-0.15, -0.1) is 0 Å². The second kappa shape index (κ2) is 6.40. The standard InChI is InChI=1S/C21H28O4/c1-6-15-12-18(21(4,5)20(15,2)3)25-19(22)10-8-14-7-9-16-17(11-14)24-13-23-16/h7-11,15,18H,6,12-13H2,1-5H3/b10-8+. The molecule has 0 N–H and O–H groups in total. The zero-order valence-corrected chi connectivity index (χ0v) is 15.8. The van der Waals surface area contributed by atoms with Crippen molar-refractivity contribution in [2.45, 2.75) is 53.6 Å². The number of benzene rings is 1. The Balaban J connectivity index is 1.66. The Bertz CT molecular complexity index is 687. The molecule has 4 heteroatoms. The predicted octanol–water partition coefficient (Wildman–Crippen LogP) is 4.82. The summed E-state index contributed by atoms with van der Waals surface area (Å²) in [6.07, 6.45) is 5.24. The molecule has 0 amide bonds. The zero-order chi connectivity index (χ0) is 18.2. The molecular weight excluding hydrogens is 316 g/mol. The Morgan fingerprint density at radius 1 is 1.20 bits per heavy atom. The number of hydrogen-bond acceptors (Lipinski definition) is 4. The highest BCUT2D eigenvalue weighted by Gasteiger charge is 2.55. The van der Waals surface area contributed by atoms with E-state index in [9.17, 15) is 4.79 Å². The third-order valence-electron chi connectivity index (χ3n) is 6.54. The van der Waals surface area contributed by atoms with Crippen LogP contribution in [0.4, 0.5) is 0 Å². The number of carbonyl (C=O) groups is 1. The largest absolute Gasteiger partial charge is 0.459 e. The van der Waals surface area contributed by atoms with Crippen molar-refractivity contribution in [3.05, 3.63) is 29.8 Å². The maximum atomic E-state index is 12.3. The lowest BCUT2D eigenvalue weighted by atomic mass is 9.66. The van der Waals surface area contributed by atoms with Crippen molar-refractivity contribution in [3.63, 3.8) is 0 Å². The van der Waals surface area contributed by atoms with Gasteiger partial charge in [0.1, 0.15) is 6.10 Å². The first-order valence-electron chi connectivity index (χ1n) is 9.04. The Hall–Kier alpha value is -1.97. The topological polar surface area (TPSA) is 44.8 Å². The summed E-state index contributed by atoms with van der Waals surface area (Å²) in [5.41, 5.74) is 0.988. The van der Waals surface area contributed by atoms with Gasteiger partial charge in [-0.2, -0.15) is 0 Å². The van der Waals surface area contributed by atoms with Gasteiger partial charge in [0.2, 0.25) is 6.79 Å². The van der Waals surface area contributed by atoms with Crippen LogP contribution in [0.25, 0.3) is 6.08 Å². The Labute approximate surface area is 150 Å². The van der Waals surface area contributed by atoms with Crippen molar-refractivity contribution >= 4 is 12.0 Å². The third kappa shape index (κ3) is 3.14. The van der Waals surface area contributed by atoms with Crippen LogP contribution in [0.5, 0.6) is 11.5 Å². The minimum atomic E-state index is -0.289. The molecule has 1 aromatic rings. The molecule has 1 saturated carbocycles. The summed E-state index contributed by atoms with van der Waals surface area (Å²) in [7, 11) is 0. The number of ether oxygens (including phenoxy) is 3. The van der Waals surface area contributed by atoms with Gasteiger partial charge < -0.3 is 14.2 Å². The zero-order valence-electron chi connectivity index (χ0n) is 15.8. The lowest BCUT2D eigenvalue weighted by molar-refractivity contribution is -0.149. The van der Waals surface area contributed by atoms with Gasteiger partial charge in [0, 0.05) is 11.5 Å². The number of hydrogen-bond donors (Lipinski definition) is 0. The molecule has 0 spiro atoms. The van der Waals surface area contributed by atoms with Gasteiger partial charge in [0.05, 0.1) is 0 Å². The molecule has 4 nitrogen and oxygen atoms in total. The van der Waals surface area contributed by atoms with E-state index in [4.69, 9.17) is 14.2 Å². The lowest BCUT2D eigenvalue weighted by Gasteiger charge is -2.40. The smallest absolute Gasteiger partial charge is 0.331 e. The minimum absolute atomic E-state index is 0.0457. The molecule has 1 aromatic carbocycles. The molecule has 0 radical (unpaired) electrons. The quantitative estimate of drug-likeness (QED) is 0.580. The molecule has 1 aliphatic heterocycles. The molecule has 25 heavy (non-hydrogen) atoms. The summed E-state index contributed by atoms with van der Waals surface area (Å²) in [6, 6.07) is 5.61. The molecule has 136 valence electrons. The van der Waals surface area contributed by atoms with Crippen molar-refractivity contribution in [3.8, 4) is 11.5 Å². The first-order valence-corrected chi connectivity index (χ1v) is 9.04. The first kappa shape index (κ1) is 17.8. The highest BCUT2D eigenvalue weighted by atomic mass is 16.7. The van der Waals surface area contributed by atoms with Crippen molar-refractivity contribution in [1.29, 1.82) is 0 Å². The fourth-order valence-corrected chi connectivity index (χ4v) is 4.02. The van der Waals surface area contributed by atoms with Gasteiger partial charge in [-0.25, -0.2) is 4.79 Å². The van der Waals surface area contributed by atoms with E-state index >= 15 is 0 Å². The number of esters is 1. The van der Waals surface area contributed by atoms with E-state index in [-0.39, 0.29) is 29.7 Å². The summed E-state index contributed by atoms with van der Waals surface area (Å²) < 4.78 is 16.5. The van der Waals surface area contributed by atoms with E-state index < -0.39 is 0 Å². The fourth-order valence-electron chi connectivity index (χ4n) is 4.02. The molecule has 0 saturated heterocycles. The molecule has 1 aliphatic carbocycles. The van der Waals surface area contributed by atoms with Crippen LogP contribution in [0, 0.1) is 16.7 Å². The normalized spacial score (nSPS) is 26.1. The van der Waals surface area contributed by atoms with Crippen LogP contribution < -0.4 is 9.47 Å². The van der Waals surface area contributed by atoms with Gasteiger partial charge in [-0.05, 0) is 41.5 Å². The van der Waals surface area contributed by atoms with Crippen LogP contribution in [0.1, 0.15) is 53.0 Å². The van der Waals surface area contributed by atoms with E-state index in [1.54, 1.807) is 6.08 Å². The summed E-state index contributed by atoms with van der Waals surface area (Å²) in [5, 5.41) is 0. The van der Waals surface area contributed by atoms with Crippen molar-refractivity contribution in [1.82, 2.24) is 0 Å². The fraction of sp³-hybridized carbons (Fsp3) is 0.571. The van der Waals surface area contributed by atoms with Crippen molar-refractivity contribution in [2.24, 2.45) is 16.7 Å². The number of fused-ring (bicyclic) bond motifs is 1. The molecule has 2 atom stereocenters. The maximum Gasteiger partial charge on any atom is 0.331 e. The van der Waals surface area contributed by atoms with Gasteiger partial charge in [-0.1, -0.05) is 47.1 Å². The summed E-state index contributed by atoms with van der Waals surface area (Å²) in [5.74, 6) is 1.72. The summed E-state index contributed by atoms with van der Waals surface area (Å²) in [6.45, 7) is 11.5. The van der Waals surface area contributed by atoms with Crippen LogP contribution >= 0.6 is 0 Å². The van der Waals surface area contributed by atoms with E-state index in [0.717, 1.165) is 24.2 Å². The molecule has 2 aliphatic rings. The molecule has 2 unspecified atom stereocenters. The van der Waals surface area contributed by atoms with Crippen LogP contribution in [0.2, 0.25) is 0 Å². The van der Waals surface area contributed by atoms with Gasteiger partial charge >= 0.3 is 5.97 Å². The summed E-state index contributed by atoms with van der Waals surface area (Å²) >= 11 is 0. The van der Waals surface area contributed by atoms with E-state index in [1.165, 1.54) is 6.08 Å². The van der Waals surface area contributed by atoms with Crippen molar-refractivity contribution < 1.29 is 19.0 Å². The molecule has 0 aromatic heterocycles. The first-order chi connectivity index (χ1) is 11.8. The predicted molar refractivity (Wildman–Crippen MR) is 97.4 cm³/mol. The van der Waals surface area contributed by atoms with Gasteiger partial charge in [0.15, 0.2) is 11.5 Å². The maximum absolute atomic E-state index is 12.3. The second-order valence-corrected chi connectivity index (χ2v) is 8.16. The van der Waals surface area contributed by atoms with Crippen LogP contribution in [-0.4, -0.2) is 18.9 Å². The van der Waals surface area contributed by atoms with Crippen LogP contribution in [0.3, 0.4) is 0 Å². The van der Waals surface area contributed by atoms with E-state index in [2.05, 4.69) is 34.6 Å². The SMILES string of the molecule is CCC1CC(OC(=O)/C=C/c2ccc3c(c2)OCO3)C(C)(C)C1(C)C. The molecule has 1 fully saturated rings. The van der Waals surface area contributed by atoms with Crippen LogP contribution in [-0.2, 0) is 9.53 Å². The number of carbonyl (C=O) groups excluding carboxylic acids is 1. The Morgan fingerprint density at radius 2 is 1.92 bits per heavy atom. The lowest BCUT2D eigenvalue weighted by Crippen LogP contribution is -2.38. The van der Waals surface area contributed by atoms with Crippen LogP contribution in [0.15, 0.2) is 24.3 Å². The summed E-state index contributed by atoms with van der Waals surface area (Å²) in [4.78, 5) is 12.3. The highest BCUT2D eigenvalue weighted by Crippen LogP contribution is 2.57. The molecule has 3 rings (SSSR count). The monoisotopic (exact) mass is 344 g/mol. The average Bonchev–Trinajstić information content (AvgIpc) is 3.09.